The number of ether oxygens (including phenoxy) is 1. The summed E-state index contributed by atoms with van der Waals surface area (Å²) in [6.07, 6.45) is 0.0976. The SMILES string of the molecule is CCC(=O)O[C@H]1[C@H]2C(=C(O)[C@]3(O)C(=O)C(C(=O)NCN4CCCC4)=C(O)C[C@H]13)C(=O)c1c(ccc(C(C)(C)C)c1O)[C@@H]2C. The second-order valence-electron chi connectivity index (χ2n) is 13.1. The molecule has 43 heavy (non-hydrogen) atoms. The molecule has 0 radical (unpaired) electrons. The third kappa shape index (κ3) is 4.73. The van der Waals surface area contributed by atoms with Gasteiger partial charge < -0.3 is 30.5 Å². The van der Waals surface area contributed by atoms with Gasteiger partial charge in [0.2, 0.25) is 5.78 Å². The second-order valence-corrected chi connectivity index (χ2v) is 13.1. The van der Waals surface area contributed by atoms with Crippen LogP contribution in [0.2, 0.25) is 0 Å². The Morgan fingerprint density at radius 1 is 1.12 bits per heavy atom. The first-order chi connectivity index (χ1) is 20.1. The Labute approximate surface area is 250 Å². The molecule has 1 aromatic rings. The van der Waals surface area contributed by atoms with E-state index in [0.29, 0.717) is 11.1 Å². The molecule has 232 valence electrons. The Hall–Kier alpha value is -3.70. The topological polar surface area (TPSA) is 174 Å². The van der Waals surface area contributed by atoms with Crippen molar-refractivity contribution in [3.63, 3.8) is 0 Å². The Bertz CT molecular complexity index is 1460. The third-order valence-electron chi connectivity index (χ3n) is 9.48. The minimum atomic E-state index is -2.85. The molecular weight excluding hydrogens is 556 g/mol. The monoisotopic (exact) mass is 596 g/mol. The van der Waals surface area contributed by atoms with E-state index in [9.17, 15) is 39.6 Å². The van der Waals surface area contributed by atoms with E-state index in [1.807, 2.05) is 25.7 Å². The number of nitrogens with one attached hydrogen (secondary N) is 1. The third-order valence-corrected chi connectivity index (χ3v) is 9.48. The van der Waals surface area contributed by atoms with Crippen LogP contribution in [0, 0.1) is 11.8 Å². The molecule has 5 atom stereocenters. The Morgan fingerprint density at radius 2 is 1.77 bits per heavy atom. The van der Waals surface area contributed by atoms with E-state index < -0.39 is 81.8 Å². The Morgan fingerprint density at radius 3 is 2.37 bits per heavy atom. The molecular formula is C32H40N2O9. The van der Waals surface area contributed by atoms with Crippen LogP contribution in [0.5, 0.6) is 5.75 Å². The summed E-state index contributed by atoms with van der Waals surface area (Å²) in [4.78, 5) is 55.9. The minimum absolute atomic E-state index is 0.0477. The number of benzene rings is 1. The van der Waals surface area contributed by atoms with Crippen LogP contribution >= 0.6 is 0 Å². The number of allylic oxidation sites excluding steroid dienone is 1. The van der Waals surface area contributed by atoms with E-state index in [1.165, 1.54) is 0 Å². The number of fused-ring (bicyclic) bond motifs is 3. The number of aliphatic hydroxyl groups is 3. The summed E-state index contributed by atoms with van der Waals surface area (Å²) in [6.45, 7) is 10.6. The highest BCUT2D eigenvalue weighted by molar-refractivity contribution is 6.25. The normalized spacial score (nSPS) is 29.3. The van der Waals surface area contributed by atoms with Gasteiger partial charge in [0.05, 0.1) is 12.2 Å². The molecule has 1 fully saturated rings. The van der Waals surface area contributed by atoms with Gasteiger partial charge in [0.1, 0.15) is 28.9 Å². The molecule has 1 amide bonds. The van der Waals surface area contributed by atoms with Crippen molar-refractivity contribution in [2.24, 2.45) is 11.8 Å². The number of phenols is 1. The number of esters is 1. The van der Waals surface area contributed by atoms with Gasteiger partial charge in [-0.1, -0.05) is 46.8 Å². The zero-order chi connectivity index (χ0) is 31.6. The maximum atomic E-state index is 14.2. The summed E-state index contributed by atoms with van der Waals surface area (Å²) in [7, 11) is 0. The predicted octanol–water partition coefficient (Wildman–Crippen LogP) is 3.05. The molecule has 1 aromatic carbocycles. The lowest BCUT2D eigenvalue weighted by molar-refractivity contribution is -0.174. The van der Waals surface area contributed by atoms with Crippen LogP contribution in [0.25, 0.3) is 0 Å². The number of likely N-dealkylation sites (tertiary alicyclic amines) is 1. The molecule has 1 aliphatic heterocycles. The number of aromatic hydroxyl groups is 1. The van der Waals surface area contributed by atoms with Crippen molar-refractivity contribution in [1.29, 1.82) is 0 Å². The van der Waals surface area contributed by atoms with Crippen LogP contribution in [0.1, 0.15) is 87.7 Å². The van der Waals surface area contributed by atoms with Crippen LogP contribution in [0.3, 0.4) is 0 Å². The number of ketones is 2. The number of Topliss-reactive ketones (excluding diaryl/α,β-unsaturated/α-hetero) is 2. The first-order valence-electron chi connectivity index (χ1n) is 14.9. The van der Waals surface area contributed by atoms with Crippen molar-refractivity contribution in [2.45, 2.75) is 83.3 Å². The smallest absolute Gasteiger partial charge is 0.305 e. The van der Waals surface area contributed by atoms with Gasteiger partial charge in [-0.05, 0) is 42.8 Å². The van der Waals surface area contributed by atoms with Gasteiger partial charge in [0.15, 0.2) is 11.4 Å². The first-order valence-corrected chi connectivity index (χ1v) is 14.9. The Balaban J connectivity index is 1.65. The fourth-order valence-corrected chi connectivity index (χ4v) is 7.15. The van der Waals surface area contributed by atoms with Gasteiger partial charge >= 0.3 is 5.97 Å². The largest absolute Gasteiger partial charge is 0.511 e. The van der Waals surface area contributed by atoms with Crippen LogP contribution in [0.4, 0.5) is 0 Å². The highest BCUT2D eigenvalue weighted by Gasteiger charge is 2.65. The van der Waals surface area contributed by atoms with Crippen molar-refractivity contribution < 1.29 is 44.3 Å². The molecule has 5 N–H and O–H groups in total. The molecule has 1 heterocycles. The summed E-state index contributed by atoms with van der Waals surface area (Å²) >= 11 is 0. The van der Waals surface area contributed by atoms with Gasteiger partial charge in [0, 0.05) is 35.8 Å². The summed E-state index contributed by atoms with van der Waals surface area (Å²) in [5.74, 6) is -8.55. The van der Waals surface area contributed by atoms with E-state index in [-0.39, 0.29) is 30.0 Å². The number of hydrogen-bond acceptors (Lipinski definition) is 10. The van der Waals surface area contributed by atoms with Crippen molar-refractivity contribution in [3.8, 4) is 5.75 Å². The average Bonchev–Trinajstić information content (AvgIpc) is 3.46. The number of nitrogens with zero attached hydrogens (tertiary/aromatic N) is 1. The lowest BCUT2D eigenvalue weighted by atomic mass is 9.56. The van der Waals surface area contributed by atoms with Crippen LogP contribution in [-0.4, -0.2) is 80.2 Å². The van der Waals surface area contributed by atoms with Gasteiger partial charge in [-0.25, -0.2) is 0 Å². The van der Waals surface area contributed by atoms with E-state index >= 15 is 0 Å². The maximum Gasteiger partial charge on any atom is 0.305 e. The van der Waals surface area contributed by atoms with Gasteiger partial charge in [-0.2, -0.15) is 0 Å². The number of hydrogen-bond donors (Lipinski definition) is 5. The molecule has 4 aliphatic rings. The standard InChI is InChI=1S/C32H40N2O9/c1-6-20(36)43-27-18-13-19(35)23(30(41)33-14-34-11-7-8-12-34)28(39)32(18,42)29(40)24-21(27)15(2)16-9-10-17(31(3,4)5)25(37)22(16)26(24)38/h9-10,15,18,21,27,35,37,40,42H,6-8,11-14H2,1-5H3,(H,33,41)/t15-,18+,21+,27+,32+/m0/s1. The van der Waals surface area contributed by atoms with E-state index in [1.54, 1.807) is 26.0 Å². The minimum Gasteiger partial charge on any atom is -0.511 e. The average molecular weight is 597 g/mol. The number of aliphatic hydroxyl groups excluding tert-OH is 2. The highest BCUT2D eigenvalue weighted by atomic mass is 16.5. The molecule has 0 unspecified atom stereocenters. The lowest BCUT2D eigenvalue weighted by Gasteiger charge is -2.51. The predicted molar refractivity (Wildman–Crippen MR) is 154 cm³/mol. The summed E-state index contributed by atoms with van der Waals surface area (Å²) in [6, 6.07) is 3.45. The first kappa shape index (κ1) is 30.7. The molecule has 1 saturated heterocycles. The summed E-state index contributed by atoms with van der Waals surface area (Å²) in [5.41, 5.74) is -3.58. The summed E-state index contributed by atoms with van der Waals surface area (Å²) < 4.78 is 5.79. The number of phenolic OH excluding ortho intramolecular Hbond substituents is 1. The van der Waals surface area contributed by atoms with Crippen molar-refractivity contribution in [3.05, 3.63) is 51.5 Å². The number of amides is 1. The molecule has 11 nitrogen and oxygen atoms in total. The number of rotatable bonds is 5. The number of carbonyl (C=O) groups is 4. The molecule has 0 saturated carbocycles. The molecule has 3 aliphatic carbocycles. The van der Waals surface area contributed by atoms with Crippen molar-refractivity contribution in [2.75, 3.05) is 19.8 Å². The van der Waals surface area contributed by atoms with Crippen LogP contribution < -0.4 is 5.32 Å². The van der Waals surface area contributed by atoms with Crippen LogP contribution in [0.15, 0.2) is 34.8 Å². The summed E-state index contributed by atoms with van der Waals surface area (Å²) in [5, 5.41) is 48.6. The van der Waals surface area contributed by atoms with E-state index in [4.69, 9.17) is 4.74 Å². The Kier molecular flexibility index (Phi) is 7.71. The van der Waals surface area contributed by atoms with Gasteiger partial charge in [0.25, 0.3) is 5.91 Å². The maximum absolute atomic E-state index is 14.2. The van der Waals surface area contributed by atoms with E-state index in [2.05, 4.69) is 5.32 Å². The molecule has 11 heteroatoms. The van der Waals surface area contributed by atoms with Crippen LogP contribution in [-0.2, 0) is 24.5 Å². The highest BCUT2D eigenvalue weighted by Crippen LogP contribution is 2.56. The van der Waals surface area contributed by atoms with E-state index in [0.717, 1.165) is 25.9 Å². The fourth-order valence-electron chi connectivity index (χ4n) is 7.15. The molecule has 0 spiro atoms. The molecule has 0 aromatic heterocycles. The molecule has 0 bridgehead atoms. The van der Waals surface area contributed by atoms with Crippen molar-refractivity contribution in [1.82, 2.24) is 10.2 Å². The van der Waals surface area contributed by atoms with Gasteiger partial charge in [-0.15, -0.1) is 0 Å². The quantitative estimate of drug-likeness (QED) is 0.251. The second kappa shape index (κ2) is 10.8. The fraction of sp³-hybridized carbons (Fsp3) is 0.562. The zero-order valence-corrected chi connectivity index (χ0v) is 25.2. The van der Waals surface area contributed by atoms with Gasteiger partial charge in [-0.3, -0.25) is 24.1 Å². The number of carbonyl (C=O) groups excluding carboxylic acids is 4. The molecule has 5 rings (SSSR count). The zero-order valence-electron chi connectivity index (χ0n) is 25.2. The lowest BCUT2D eigenvalue weighted by Crippen LogP contribution is -2.63. The van der Waals surface area contributed by atoms with Crippen molar-refractivity contribution >= 4 is 23.4 Å².